The number of carbonyl (C=O) groups excluding carboxylic acids is 2. The van der Waals surface area contributed by atoms with Gasteiger partial charge in [0.25, 0.3) is 0 Å². The molecule has 0 spiro atoms. The highest BCUT2D eigenvalue weighted by Crippen LogP contribution is 2.24. The number of Topliss-reactive ketones (excluding diaryl/α,β-unsaturated/α-hetero) is 2. The van der Waals surface area contributed by atoms with E-state index >= 15 is 0 Å². The normalized spacial score (nSPS) is 12.2. The van der Waals surface area contributed by atoms with Crippen molar-refractivity contribution >= 4 is 23.3 Å². The van der Waals surface area contributed by atoms with Crippen LogP contribution in [0.15, 0.2) is 29.2 Å². The molecular formula is C14H18O2S. The largest absolute Gasteiger partial charge is 0.299 e. The number of benzene rings is 1. The molecule has 0 heterocycles. The smallest absolute Gasteiger partial charge is 0.162 e. The predicted octanol–water partition coefficient (Wildman–Crippen LogP) is 3.74. The van der Waals surface area contributed by atoms with Gasteiger partial charge in [0, 0.05) is 16.9 Å². The fourth-order valence-electron chi connectivity index (χ4n) is 1.38. The number of carbonyl (C=O) groups is 2. The van der Waals surface area contributed by atoms with E-state index in [0.717, 1.165) is 16.9 Å². The first kappa shape index (κ1) is 14.0. The maximum Gasteiger partial charge on any atom is 0.162 e. The summed E-state index contributed by atoms with van der Waals surface area (Å²) in [5.74, 6) is 0.352. The summed E-state index contributed by atoms with van der Waals surface area (Å²) in [5.41, 5.74) is 0.756. The zero-order valence-corrected chi connectivity index (χ0v) is 11.3. The lowest BCUT2D eigenvalue weighted by atomic mass is 10.1. The number of hydrogen-bond donors (Lipinski definition) is 0. The summed E-state index contributed by atoms with van der Waals surface area (Å²) in [5, 5.41) is -0.0350. The average Bonchev–Trinajstić information content (AvgIpc) is 2.30. The lowest BCUT2D eigenvalue weighted by Crippen LogP contribution is -2.07. The minimum Gasteiger partial charge on any atom is -0.299 e. The molecule has 1 aromatic carbocycles. The molecule has 17 heavy (non-hydrogen) atoms. The maximum absolute atomic E-state index is 11.6. The Hall–Kier alpha value is -1.09. The molecule has 0 amide bonds. The lowest BCUT2D eigenvalue weighted by molar-refractivity contribution is -0.116. The minimum absolute atomic E-state index is 0.0350. The molecule has 1 aromatic rings. The topological polar surface area (TPSA) is 34.1 Å². The summed E-state index contributed by atoms with van der Waals surface area (Å²) in [6.45, 7) is 5.48. The second kappa shape index (κ2) is 6.60. The van der Waals surface area contributed by atoms with Crippen LogP contribution in [0.4, 0.5) is 0 Å². The van der Waals surface area contributed by atoms with Gasteiger partial charge >= 0.3 is 0 Å². The van der Waals surface area contributed by atoms with Gasteiger partial charge in [0.2, 0.25) is 0 Å². The molecule has 0 N–H and O–H groups in total. The van der Waals surface area contributed by atoms with E-state index in [-0.39, 0.29) is 16.8 Å². The van der Waals surface area contributed by atoms with Crippen LogP contribution in [-0.2, 0) is 4.79 Å². The van der Waals surface area contributed by atoms with Crippen LogP contribution in [-0.4, -0.2) is 16.8 Å². The number of ketones is 2. The van der Waals surface area contributed by atoms with Crippen LogP contribution >= 0.6 is 11.8 Å². The van der Waals surface area contributed by atoms with Crippen LogP contribution < -0.4 is 0 Å². The highest BCUT2D eigenvalue weighted by atomic mass is 32.2. The van der Waals surface area contributed by atoms with Gasteiger partial charge < -0.3 is 0 Å². The van der Waals surface area contributed by atoms with Gasteiger partial charge in [-0.1, -0.05) is 19.1 Å². The van der Waals surface area contributed by atoms with Crippen molar-refractivity contribution in [1.29, 1.82) is 0 Å². The van der Waals surface area contributed by atoms with Crippen LogP contribution in [0.3, 0.4) is 0 Å². The molecule has 0 saturated carbocycles. The molecular weight excluding hydrogens is 232 g/mol. The van der Waals surface area contributed by atoms with Crippen molar-refractivity contribution < 1.29 is 9.59 Å². The van der Waals surface area contributed by atoms with Gasteiger partial charge in [-0.25, -0.2) is 0 Å². The minimum atomic E-state index is -0.0350. The van der Waals surface area contributed by atoms with Crippen molar-refractivity contribution in [2.24, 2.45) is 0 Å². The van der Waals surface area contributed by atoms with E-state index in [0.29, 0.717) is 6.42 Å². The van der Waals surface area contributed by atoms with Crippen molar-refractivity contribution in [3.63, 3.8) is 0 Å². The first-order valence-electron chi connectivity index (χ1n) is 5.85. The van der Waals surface area contributed by atoms with Crippen molar-refractivity contribution in [2.45, 2.75) is 43.8 Å². The first-order valence-corrected chi connectivity index (χ1v) is 6.73. The van der Waals surface area contributed by atoms with Crippen LogP contribution in [0.5, 0.6) is 0 Å². The van der Waals surface area contributed by atoms with Crippen LogP contribution in [0.1, 0.15) is 44.0 Å². The lowest BCUT2D eigenvalue weighted by Gasteiger charge is -2.07. The molecule has 0 aromatic heterocycles. The molecule has 0 fully saturated rings. The number of hydrogen-bond acceptors (Lipinski definition) is 3. The third-order valence-corrected chi connectivity index (χ3v) is 3.77. The average molecular weight is 250 g/mol. The second-order valence-corrected chi connectivity index (χ2v) is 5.48. The van der Waals surface area contributed by atoms with Gasteiger partial charge in [-0.3, -0.25) is 9.59 Å². The van der Waals surface area contributed by atoms with Gasteiger partial charge in [0.1, 0.15) is 5.78 Å². The Bertz CT molecular complexity index is 395. The molecule has 1 unspecified atom stereocenters. The molecule has 0 bridgehead atoms. The zero-order chi connectivity index (χ0) is 12.8. The van der Waals surface area contributed by atoms with Gasteiger partial charge in [0.15, 0.2) is 5.78 Å². The molecule has 1 atom stereocenters. The van der Waals surface area contributed by atoms with E-state index in [1.807, 2.05) is 38.1 Å². The van der Waals surface area contributed by atoms with Crippen molar-refractivity contribution in [3.8, 4) is 0 Å². The third-order valence-electron chi connectivity index (χ3n) is 2.54. The van der Waals surface area contributed by atoms with Gasteiger partial charge in [-0.05, 0) is 32.4 Å². The Morgan fingerprint density at radius 1 is 1.24 bits per heavy atom. The Labute approximate surface area is 107 Å². The Kier molecular flexibility index (Phi) is 5.42. The van der Waals surface area contributed by atoms with Crippen molar-refractivity contribution in [2.75, 3.05) is 0 Å². The summed E-state index contributed by atoms with van der Waals surface area (Å²) in [6.07, 6.45) is 1.47. The summed E-state index contributed by atoms with van der Waals surface area (Å²) in [6, 6.07) is 7.50. The molecule has 2 nitrogen and oxygen atoms in total. The standard InChI is InChI=1S/C14H18O2S/c1-4-5-14(16)12-6-8-13(9-7-12)17-11(3)10(2)15/h6-9,11H,4-5H2,1-3H3. The second-order valence-electron chi connectivity index (χ2n) is 4.07. The van der Waals surface area contributed by atoms with Gasteiger partial charge in [0.05, 0.1) is 5.25 Å². The summed E-state index contributed by atoms with van der Waals surface area (Å²) in [4.78, 5) is 23.8. The molecule has 0 radical (unpaired) electrons. The quantitative estimate of drug-likeness (QED) is 0.569. The molecule has 0 aliphatic carbocycles. The molecule has 0 saturated heterocycles. The fourth-order valence-corrected chi connectivity index (χ4v) is 2.25. The van der Waals surface area contributed by atoms with E-state index in [1.54, 1.807) is 6.92 Å². The zero-order valence-electron chi connectivity index (χ0n) is 10.5. The Balaban J connectivity index is 2.68. The van der Waals surface area contributed by atoms with E-state index < -0.39 is 0 Å². The van der Waals surface area contributed by atoms with E-state index in [4.69, 9.17) is 0 Å². The third kappa shape index (κ3) is 4.35. The van der Waals surface area contributed by atoms with E-state index in [2.05, 4.69) is 0 Å². The van der Waals surface area contributed by atoms with Crippen molar-refractivity contribution in [3.05, 3.63) is 29.8 Å². The SMILES string of the molecule is CCCC(=O)c1ccc(SC(C)C(C)=O)cc1. The molecule has 1 rings (SSSR count). The monoisotopic (exact) mass is 250 g/mol. The molecule has 0 aliphatic heterocycles. The van der Waals surface area contributed by atoms with E-state index in [9.17, 15) is 9.59 Å². The van der Waals surface area contributed by atoms with Crippen LogP contribution in [0, 0.1) is 0 Å². The highest BCUT2D eigenvalue weighted by molar-refractivity contribution is 8.00. The van der Waals surface area contributed by atoms with Gasteiger partial charge in [-0.2, -0.15) is 0 Å². The van der Waals surface area contributed by atoms with Gasteiger partial charge in [-0.15, -0.1) is 11.8 Å². The number of rotatable bonds is 6. The molecule has 92 valence electrons. The van der Waals surface area contributed by atoms with Crippen LogP contribution in [0.2, 0.25) is 0 Å². The first-order chi connectivity index (χ1) is 8.04. The van der Waals surface area contributed by atoms with Crippen LogP contribution in [0.25, 0.3) is 0 Å². The summed E-state index contributed by atoms with van der Waals surface area (Å²) >= 11 is 1.52. The Morgan fingerprint density at radius 3 is 2.29 bits per heavy atom. The Morgan fingerprint density at radius 2 is 1.82 bits per heavy atom. The van der Waals surface area contributed by atoms with E-state index in [1.165, 1.54) is 11.8 Å². The molecule has 0 aliphatic rings. The highest BCUT2D eigenvalue weighted by Gasteiger charge is 2.10. The summed E-state index contributed by atoms with van der Waals surface area (Å²) in [7, 11) is 0. The predicted molar refractivity (Wildman–Crippen MR) is 71.7 cm³/mol. The summed E-state index contributed by atoms with van der Waals surface area (Å²) < 4.78 is 0. The molecule has 3 heteroatoms. The fraction of sp³-hybridized carbons (Fsp3) is 0.429. The van der Waals surface area contributed by atoms with Crippen molar-refractivity contribution in [1.82, 2.24) is 0 Å². The maximum atomic E-state index is 11.6. The number of thioether (sulfide) groups is 1.